The van der Waals surface area contributed by atoms with E-state index in [2.05, 4.69) is 23.9 Å². The average molecular weight is 217 g/mol. The maximum absolute atomic E-state index is 10.7. The van der Waals surface area contributed by atoms with E-state index in [0.717, 1.165) is 19.6 Å². The number of carbonyl (C=O) groups is 1. The molecule has 0 rings (SSSR count). The van der Waals surface area contributed by atoms with Crippen LogP contribution in [0.4, 0.5) is 0 Å². The first-order valence-electron chi connectivity index (χ1n) is 5.52. The van der Waals surface area contributed by atoms with Gasteiger partial charge in [-0.3, -0.25) is 4.79 Å². The molecule has 0 aromatic rings. The van der Waals surface area contributed by atoms with Crippen LogP contribution in [0.2, 0.25) is 0 Å². The van der Waals surface area contributed by atoms with Crippen LogP contribution >= 0.6 is 0 Å². The van der Waals surface area contributed by atoms with Crippen LogP contribution in [0.1, 0.15) is 26.7 Å². The Balaban J connectivity index is 3.02. The van der Waals surface area contributed by atoms with Gasteiger partial charge in [-0.1, -0.05) is 13.8 Å². The van der Waals surface area contributed by atoms with E-state index in [1.165, 1.54) is 7.11 Å². The number of methoxy groups -OCH3 is 1. The van der Waals surface area contributed by atoms with E-state index < -0.39 is 0 Å². The summed E-state index contributed by atoms with van der Waals surface area (Å²) in [5.74, 6) is 0.514. The summed E-state index contributed by atoms with van der Waals surface area (Å²) in [7, 11) is 1.40. The molecule has 0 aromatic heterocycles. The van der Waals surface area contributed by atoms with Crippen LogP contribution in [0.3, 0.4) is 0 Å². The molecule has 90 valence electrons. The molecule has 0 aliphatic carbocycles. The summed E-state index contributed by atoms with van der Waals surface area (Å²) in [5.41, 5.74) is 0. The van der Waals surface area contributed by atoms with Gasteiger partial charge in [0.25, 0.3) is 0 Å². The van der Waals surface area contributed by atoms with Gasteiger partial charge in [0.15, 0.2) is 0 Å². The van der Waals surface area contributed by atoms with Crippen molar-refractivity contribution >= 4 is 5.97 Å². The fraction of sp³-hybridized carbons (Fsp3) is 0.909. The van der Waals surface area contributed by atoms with Crippen LogP contribution in [-0.2, 0) is 14.3 Å². The molecule has 4 nitrogen and oxygen atoms in total. The Hall–Kier alpha value is -0.610. The maximum atomic E-state index is 10.7. The lowest BCUT2D eigenvalue weighted by atomic mass is 10.1. The van der Waals surface area contributed by atoms with Crippen molar-refractivity contribution in [2.75, 3.05) is 33.4 Å². The van der Waals surface area contributed by atoms with Crippen LogP contribution in [0.15, 0.2) is 0 Å². The van der Waals surface area contributed by atoms with Crippen LogP contribution in [-0.4, -0.2) is 39.4 Å². The second-order valence-corrected chi connectivity index (χ2v) is 3.87. The third-order valence-corrected chi connectivity index (χ3v) is 2.00. The van der Waals surface area contributed by atoms with Gasteiger partial charge in [-0.2, -0.15) is 0 Å². The highest BCUT2D eigenvalue weighted by molar-refractivity contribution is 5.69. The molecule has 15 heavy (non-hydrogen) atoms. The molecule has 0 unspecified atom stereocenters. The van der Waals surface area contributed by atoms with Gasteiger partial charge in [0.2, 0.25) is 0 Å². The smallest absolute Gasteiger partial charge is 0.306 e. The third-order valence-electron chi connectivity index (χ3n) is 2.00. The van der Waals surface area contributed by atoms with E-state index >= 15 is 0 Å². The Labute approximate surface area is 92.3 Å². The Morgan fingerprint density at radius 2 is 2.00 bits per heavy atom. The van der Waals surface area contributed by atoms with Gasteiger partial charge < -0.3 is 14.8 Å². The first-order valence-corrected chi connectivity index (χ1v) is 5.52. The molecule has 0 amide bonds. The molecule has 0 saturated heterocycles. The quantitative estimate of drug-likeness (QED) is 0.466. The zero-order valence-electron chi connectivity index (χ0n) is 10.0. The summed E-state index contributed by atoms with van der Waals surface area (Å²) in [6.07, 6.45) is 1.52. The van der Waals surface area contributed by atoms with Crippen LogP contribution in [0.25, 0.3) is 0 Å². The van der Waals surface area contributed by atoms with Crippen molar-refractivity contribution in [1.29, 1.82) is 0 Å². The minimum absolute atomic E-state index is 0.178. The Morgan fingerprint density at radius 3 is 2.60 bits per heavy atom. The molecular weight excluding hydrogens is 194 g/mol. The molecule has 0 atom stereocenters. The third kappa shape index (κ3) is 11.3. The van der Waals surface area contributed by atoms with Crippen molar-refractivity contribution in [2.45, 2.75) is 26.7 Å². The molecule has 0 fully saturated rings. The van der Waals surface area contributed by atoms with E-state index in [1.807, 2.05) is 0 Å². The Bertz CT molecular complexity index is 160. The van der Waals surface area contributed by atoms with Gasteiger partial charge in [0, 0.05) is 19.7 Å². The number of hydrogen-bond acceptors (Lipinski definition) is 4. The molecule has 1 N–H and O–H groups in total. The number of esters is 1. The Kier molecular flexibility index (Phi) is 9.52. The van der Waals surface area contributed by atoms with Crippen molar-refractivity contribution in [3.8, 4) is 0 Å². The monoisotopic (exact) mass is 217 g/mol. The highest BCUT2D eigenvalue weighted by Crippen LogP contribution is 1.98. The van der Waals surface area contributed by atoms with Gasteiger partial charge in [-0.05, 0) is 12.3 Å². The number of ether oxygens (including phenoxy) is 2. The molecule has 0 aliphatic heterocycles. The minimum Gasteiger partial charge on any atom is -0.469 e. The lowest BCUT2D eigenvalue weighted by Gasteiger charge is -2.07. The summed E-state index contributed by atoms with van der Waals surface area (Å²) < 4.78 is 9.91. The number of nitrogens with one attached hydrogen (secondary N) is 1. The van der Waals surface area contributed by atoms with Gasteiger partial charge in [0.1, 0.15) is 0 Å². The van der Waals surface area contributed by atoms with Crippen molar-refractivity contribution in [1.82, 2.24) is 5.32 Å². The first kappa shape index (κ1) is 14.4. The van der Waals surface area contributed by atoms with E-state index in [4.69, 9.17) is 4.74 Å². The zero-order valence-corrected chi connectivity index (χ0v) is 10.0. The van der Waals surface area contributed by atoms with Crippen LogP contribution < -0.4 is 5.32 Å². The van der Waals surface area contributed by atoms with Crippen molar-refractivity contribution in [2.24, 2.45) is 5.92 Å². The van der Waals surface area contributed by atoms with E-state index in [-0.39, 0.29) is 5.97 Å². The average Bonchev–Trinajstić information content (AvgIpc) is 2.21. The van der Waals surface area contributed by atoms with Crippen molar-refractivity contribution < 1.29 is 14.3 Å². The van der Waals surface area contributed by atoms with Gasteiger partial charge in [0.05, 0.1) is 20.1 Å². The minimum atomic E-state index is -0.178. The fourth-order valence-electron chi connectivity index (χ4n) is 0.983. The fourth-order valence-corrected chi connectivity index (χ4v) is 0.983. The molecular formula is C11H23NO3. The molecule has 0 heterocycles. The highest BCUT2D eigenvalue weighted by Gasteiger charge is 1.98. The van der Waals surface area contributed by atoms with Crippen molar-refractivity contribution in [3.05, 3.63) is 0 Å². The maximum Gasteiger partial charge on any atom is 0.306 e. The standard InChI is InChI=1S/C11H23NO3/c1-10(2)5-8-15-9-7-12-6-4-11(13)14-3/h10,12H,4-9H2,1-3H3. The summed E-state index contributed by atoms with van der Waals surface area (Å²) in [6.45, 7) is 7.31. The van der Waals surface area contributed by atoms with E-state index in [0.29, 0.717) is 25.5 Å². The molecule has 0 spiro atoms. The second kappa shape index (κ2) is 9.93. The molecule has 4 heteroatoms. The lowest BCUT2D eigenvalue weighted by molar-refractivity contribution is -0.140. The van der Waals surface area contributed by atoms with E-state index in [1.54, 1.807) is 0 Å². The molecule has 0 aromatic carbocycles. The normalized spacial score (nSPS) is 10.7. The predicted molar refractivity (Wildman–Crippen MR) is 59.8 cm³/mol. The first-order chi connectivity index (χ1) is 7.16. The van der Waals surface area contributed by atoms with Crippen LogP contribution in [0, 0.1) is 5.92 Å². The lowest BCUT2D eigenvalue weighted by Crippen LogP contribution is -2.23. The SMILES string of the molecule is COC(=O)CCNCCOCCC(C)C. The largest absolute Gasteiger partial charge is 0.469 e. The summed E-state index contributed by atoms with van der Waals surface area (Å²) in [6, 6.07) is 0. The number of hydrogen-bond donors (Lipinski definition) is 1. The molecule has 0 radical (unpaired) electrons. The number of carbonyl (C=O) groups excluding carboxylic acids is 1. The van der Waals surface area contributed by atoms with E-state index in [9.17, 15) is 4.79 Å². The van der Waals surface area contributed by atoms with Crippen LogP contribution in [0.5, 0.6) is 0 Å². The van der Waals surface area contributed by atoms with Gasteiger partial charge in [-0.15, -0.1) is 0 Å². The highest BCUT2D eigenvalue weighted by atomic mass is 16.5. The molecule has 0 saturated carbocycles. The Morgan fingerprint density at radius 1 is 1.27 bits per heavy atom. The summed E-state index contributed by atoms with van der Waals surface area (Å²) in [4.78, 5) is 10.7. The molecule has 0 bridgehead atoms. The van der Waals surface area contributed by atoms with Gasteiger partial charge in [-0.25, -0.2) is 0 Å². The predicted octanol–water partition coefficient (Wildman–Crippen LogP) is 1.20. The summed E-state index contributed by atoms with van der Waals surface area (Å²) in [5, 5.41) is 3.11. The molecule has 0 aliphatic rings. The topological polar surface area (TPSA) is 47.6 Å². The summed E-state index contributed by atoms with van der Waals surface area (Å²) >= 11 is 0. The van der Waals surface area contributed by atoms with Crippen molar-refractivity contribution in [3.63, 3.8) is 0 Å². The van der Waals surface area contributed by atoms with Gasteiger partial charge >= 0.3 is 5.97 Å². The number of rotatable bonds is 9. The zero-order chi connectivity index (χ0) is 11.5. The second-order valence-electron chi connectivity index (χ2n) is 3.87.